The van der Waals surface area contributed by atoms with Crippen LogP contribution in [0.1, 0.15) is 15.9 Å². The summed E-state index contributed by atoms with van der Waals surface area (Å²) in [5, 5.41) is 5.85. The summed E-state index contributed by atoms with van der Waals surface area (Å²) in [5.74, 6) is -0.195. The van der Waals surface area contributed by atoms with Crippen molar-refractivity contribution >= 4 is 29.2 Å². The number of halogens is 1. The molecule has 0 bridgehead atoms. The second kappa shape index (κ2) is 6.76. The predicted octanol–water partition coefficient (Wildman–Crippen LogP) is 2.76. The van der Waals surface area contributed by atoms with Gasteiger partial charge in [0, 0.05) is 22.8 Å². The van der Waals surface area contributed by atoms with Crippen LogP contribution in [0, 0.1) is 0 Å². The van der Waals surface area contributed by atoms with Crippen molar-refractivity contribution in [1.82, 2.24) is 5.32 Å². The van der Waals surface area contributed by atoms with E-state index >= 15 is 0 Å². The summed E-state index contributed by atoms with van der Waals surface area (Å²) in [5.41, 5.74) is 7.02. The molecule has 0 aromatic heterocycles. The molecule has 0 atom stereocenters. The molecule has 0 aliphatic heterocycles. The molecule has 0 fully saturated rings. The maximum absolute atomic E-state index is 11.9. The molecule has 2 aromatic rings. The summed E-state index contributed by atoms with van der Waals surface area (Å²) < 4.78 is 0. The third kappa shape index (κ3) is 4.50. The van der Waals surface area contributed by atoms with Gasteiger partial charge in [-0.25, -0.2) is 4.79 Å². The van der Waals surface area contributed by atoms with Crippen LogP contribution in [0.5, 0.6) is 0 Å². The highest BCUT2D eigenvalue weighted by molar-refractivity contribution is 6.30. The first-order valence-electron chi connectivity index (χ1n) is 6.24. The van der Waals surface area contributed by atoms with Crippen LogP contribution in [-0.2, 0) is 6.54 Å². The number of hydrogen-bond donors (Lipinski definition) is 3. The molecule has 0 saturated heterocycles. The molecule has 108 valence electrons. The first-order valence-corrected chi connectivity index (χ1v) is 6.61. The minimum absolute atomic E-state index is 0.195. The van der Waals surface area contributed by atoms with Crippen molar-refractivity contribution in [2.75, 3.05) is 5.32 Å². The van der Waals surface area contributed by atoms with E-state index in [0.717, 1.165) is 5.56 Å². The fraction of sp³-hybridized carbons (Fsp3) is 0.0667. The minimum Gasteiger partial charge on any atom is -0.351 e. The molecule has 3 amide bonds. The number of carbonyl (C=O) groups excluding carboxylic acids is 2. The highest BCUT2D eigenvalue weighted by Gasteiger charge is 2.05. The third-order valence-corrected chi connectivity index (χ3v) is 3.01. The molecular weight excluding hydrogens is 290 g/mol. The van der Waals surface area contributed by atoms with Gasteiger partial charge in [-0.1, -0.05) is 23.7 Å². The van der Waals surface area contributed by atoms with E-state index in [1.54, 1.807) is 42.5 Å². The van der Waals surface area contributed by atoms with Crippen LogP contribution >= 0.6 is 11.6 Å². The fourth-order valence-corrected chi connectivity index (χ4v) is 1.91. The standard InChI is InChI=1S/C15H14ClN3O2/c16-12-6-4-11(5-7-12)14(20)18-9-10-2-1-3-13(8-10)19-15(17)21/h1-8H,9H2,(H,18,20)(H3,17,19,21). The molecule has 0 radical (unpaired) electrons. The Balaban J connectivity index is 1.97. The normalized spacial score (nSPS) is 9.95. The summed E-state index contributed by atoms with van der Waals surface area (Å²) in [7, 11) is 0. The second-order valence-electron chi connectivity index (χ2n) is 4.38. The van der Waals surface area contributed by atoms with Crippen molar-refractivity contribution in [1.29, 1.82) is 0 Å². The van der Waals surface area contributed by atoms with Crippen molar-refractivity contribution in [3.63, 3.8) is 0 Å². The number of nitrogens with one attached hydrogen (secondary N) is 2. The topological polar surface area (TPSA) is 84.2 Å². The predicted molar refractivity (Wildman–Crippen MR) is 82.3 cm³/mol. The number of urea groups is 1. The quantitative estimate of drug-likeness (QED) is 0.811. The number of anilines is 1. The molecule has 0 saturated carbocycles. The third-order valence-electron chi connectivity index (χ3n) is 2.75. The van der Waals surface area contributed by atoms with Gasteiger partial charge in [-0.3, -0.25) is 4.79 Å². The average molecular weight is 304 g/mol. The molecule has 0 aliphatic carbocycles. The van der Waals surface area contributed by atoms with E-state index < -0.39 is 6.03 Å². The Labute approximate surface area is 127 Å². The summed E-state index contributed by atoms with van der Waals surface area (Å²) in [6, 6.07) is 13.1. The number of nitrogens with two attached hydrogens (primary N) is 1. The zero-order valence-electron chi connectivity index (χ0n) is 11.1. The molecule has 0 aliphatic rings. The lowest BCUT2D eigenvalue weighted by Crippen LogP contribution is -2.23. The van der Waals surface area contributed by atoms with Gasteiger partial charge in [0.25, 0.3) is 5.91 Å². The summed E-state index contributed by atoms with van der Waals surface area (Å²) in [6.45, 7) is 0.343. The van der Waals surface area contributed by atoms with E-state index in [-0.39, 0.29) is 5.91 Å². The maximum Gasteiger partial charge on any atom is 0.316 e. The van der Waals surface area contributed by atoms with Crippen molar-refractivity contribution in [3.8, 4) is 0 Å². The van der Waals surface area contributed by atoms with Crippen molar-refractivity contribution in [3.05, 3.63) is 64.7 Å². The van der Waals surface area contributed by atoms with E-state index in [4.69, 9.17) is 17.3 Å². The van der Waals surface area contributed by atoms with E-state index in [1.165, 1.54) is 0 Å². The average Bonchev–Trinajstić information content (AvgIpc) is 2.45. The van der Waals surface area contributed by atoms with E-state index in [0.29, 0.717) is 22.8 Å². The number of hydrogen-bond acceptors (Lipinski definition) is 2. The molecule has 0 spiro atoms. The summed E-state index contributed by atoms with van der Waals surface area (Å²) in [6.07, 6.45) is 0. The van der Waals surface area contributed by atoms with Gasteiger partial charge >= 0.3 is 6.03 Å². The van der Waals surface area contributed by atoms with Gasteiger partial charge in [-0.05, 0) is 42.0 Å². The van der Waals surface area contributed by atoms with Crippen LogP contribution in [0.3, 0.4) is 0 Å². The van der Waals surface area contributed by atoms with Crippen LogP contribution < -0.4 is 16.4 Å². The van der Waals surface area contributed by atoms with Gasteiger partial charge in [-0.2, -0.15) is 0 Å². The molecule has 2 rings (SSSR count). The zero-order valence-corrected chi connectivity index (χ0v) is 11.9. The monoisotopic (exact) mass is 303 g/mol. The van der Waals surface area contributed by atoms with E-state index in [9.17, 15) is 9.59 Å². The van der Waals surface area contributed by atoms with Crippen LogP contribution in [0.2, 0.25) is 5.02 Å². The molecule has 0 unspecified atom stereocenters. The Bertz CT molecular complexity index is 656. The Morgan fingerprint density at radius 2 is 1.81 bits per heavy atom. The van der Waals surface area contributed by atoms with E-state index in [1.807, 2.05) is 6.07 Å². The summed E-state index contributed by atoms with van der Waals surface area (Å²) in [4.78, 5) is 22.7. The Morgan fingerprint density at radius 1 is 1.10 bits per heavy atom. The van der Waals surface area contributed by atoms with Gasteiger partial charge in [-0.15, -0.1) is 0 Å². The number of primary amides is 1. The number of benzene rings is 2. The Morgan fingerprint density at radius 3 is 2.48 bits per heavy atom. The molecule has 6 heteroatoms. The largest absolute Gasteiger partial charge is 0.351 e. The van der Waals surface area contributed by atoms with Gasteiger partial charge in [0.2, 0.25) is 0 Å². The van der Waals surface area contributed by atoms with Gasteiger partial charge in [0.05, 0.1) is 0 Å². The van der Waals surface area contributed by atoms with Crippen LogP contribution in [0.25, 0.3) is 0 Å². The molecule has 4 N–H and O–H groups in total. The molecule has 0 heterocycles. The van der Waals surface area contributed by atoms with Crippen LogP contribution in [0.15, 0.2) is 48.5 Å². The lowest BCUT2D eigenvalue weighted by atomic mass is 10.1. The van der Waals surface area contributed by atoms with Gasteiger partial charge < -0.3 is 16.4 Å². The lowest BCUT2D eigenvalue weighted by molar-refractivity contribution is 0.0951. The molecule has 5 nitrogen and oxygen atoms in total. The van der Waals surface area contributed by atoms with Crippen molar-refractivity contribution < 1.29 is 9.59 Å². The smallest absolute Gasteiger partial charge is 0.316 e. The highest BCUT2D eigenvalue weighted by atomic mass is 35.5. The van der Waals surface area contributed by atoms with Gasteiger partial charge in [0.1, 0.15) is 0 Å². The van der Waals surface area contributed by atoms with Crippen molar-refractivity contribution in [2.24, 2.45) is 5.73 Å². The Hall–Kier alpha value is -2.53. The zero-order chi connectivity index (χ0) is 15.2. The number of amides is 3. The van der Waals surface area contributed by atoms with Crippen molar-refractivity contribution in [2.45, 2.75) is 6.54 Å². The summed E-state index contributed by atoms with van der Waals surface area (Å²) >= 11 is 5.77. The first kappa shape index (κ1) is 14.9. The number of rotatable bonds is 4. The second-order valence-corrected chi connectivity index (χ2v) is 4.82. The maximum atomic E-state index is 11.9. The van der Waals surface area contributed by atoms with Crippen LogP contribution in [0.4, 0.5) is 10.5 Å². The SMILES string of the molecule is NC(=O)Nc1cccc(CNC(=O)c2ccc(Cl)cc2)c1. The highest BCUT2D eigenvalue weighted by Crippen LogP contribution is 2.12. The Kier molecular flexibility index (Phi) is 4.79. The molecule has 2 aromatic carbocycles. The minimum atomic E-state index is -0.627. The molecular formula is C15H14ClN3O2. The number of carbonyl (C=O) groups is 2. The lowest BCUT2D eigenvalue weighted by Gasteiger charge is -2.07. The van der Waals surface area contributed by atoms with Crippen LogP contribution in [-0.4, -0.2) is 11.9 Å². The fourth-order valence-electron chi connectivity index (χ4n) is 1.79. The molecule has 21 heavy (non-hydrogen) atoms. The van der Waals surface area contributed by atoms with Gasteiger partial charge in [0.15, 0.2) is 0 Å². The first-order chi connectivity index (χ1) is 10.0. The van der Waals surface area contributed by atoms with E-state index in [2.05, 4.69) is 10.6 Å².